The smallest absolute Gasteiger partial charge is 0.223 e. The highest BCUT2D eigenvalue weighted by atomic mass is 32.2. The molecular weight excluding hydrogens is 278 g/mol. The fraction of sp³-hybridized carbons (Fsp3) is 0.385. The molecule has 0 saturated heterocycles. The second kappa shape index (κ2) is 7.03. The fourth-order valence-electron chi connectivity index (χ4n) is 1.48. The Kier molecular flexibility index (Phi) is 5.67. The number of sulfonamides is 1. The highest BCUT2D eigenvalue weighted by Crippen LogP contribution is 2.07. The van der Waals surface area contributed by atoms with Crippen molar-refractivity contribution >= 4 is 15.9 Å². The van der Waals surface area contributed by atoms with Gasteiger partial charge in [-0.3, -0.25) is 4.79 Å². The molecule has 0 spiro atoms. The average Bonchev–Trinajstić information content (AvgIpc) is 2.38. The predicted octanol–water partition coefficient (Wildman–Crippen LogP) is 0.456. The van der Waals surface area contributed by atoms with Gasteiger partial charge < -0.3 is 4.90 Å². The maximum absolute atomic E-state index is 11.8. The van der Waals surface area contributed by atoms with Crippen LogP contribution in [0.4, 0.5) is 0 Å². The molecule has 0 bridgehead atoms. The van der Waals surface area contributed by atoms with Gasteiger partial charge in [0.1, 0.15) is 0 Å². The van der Waals surface area contributed by atoms with Crippen LogP contribution in [0.1, 0.15) is 17.5 Å². The number of amides is 1. The Morgan fingerprint density at radius 3 is 2.40 bits per heavy atom. The van der Waals surface area contributed by atoms with Crippen LogP contribution in [0.25, 0.3) is 0 Å². The van der Waals surface area contributed by atoms with E-state index in [0.717, 1.165) is 0 Å². The molecule has 0 radical (unpaired) electrons. The van der Waals surface area contributed by atoms with E-state index in [-0.39, 0.29) is 24.6 Å². The Balaban J connectivity index is 2.53. The lowest BCUT2D eigenvalue weighted by Crippen LogP contribution is -2.30. The third kappa shape index (κ3) is 5.38. The lowest BCUT2D eigenvalue weighted by atomic mass is 10.2. The third-order valence-electron chi connectivity index (χ3n) is 2.60. The van der Waals surface area contributed by atoms with Gasteiger partial charge >= 0.3 is 0 Å². The first-order valence-corrected chi connectivity index (χ1v) is 7.66. The third-order valence-corrected chi connectivity index (χ3v) is 3.96. The molecule has 108 valence electrons. The van der Waals surface area contributed by atoms with Crippen LogP contribution < -0.4 is 4.72 Å². The molecule has 1 aromatic rings. The lowest BCUT2D eigenvalue weighted by molar-refractivity contribution is -0.128. The number of nitrogens with one attached hydrogen (secondary N) is 1. The van der Waals surface area contributed by atoms with Gasteiger partial charge in [0.15, 0.2) is 0 Å². The zero-order chi connectivity index (χ0) is 15.2. The van der Waals surface area contributed by atoms with Crippen molar-refractivity contribution in [1.82, 2.24) is 9.62 Å². The number of nitrogens with zero attached hydrogens (tertiary/aromatic N) is 2. The van der Waals surface area contributed by atoms with Crippen molar-refractivity contribution in [3.05, 3.63) is 35.4 Å². The SMILES string of the molecule is CN(C)C(=O)CCNS(=O)(=O)Cc1ccc(C#N)cc1. The van der Waals surface area contributed by atoms with E-state index in [4.69, 9.17) is 5.26 Å². The van der Waals surface area contributed by atoms with Gasteiger partial charge in [0.25, 0.3) is 0 Å². The summed E-state index contributed by atoms with van der Waals surface area (Å²) in [4.78, 5) is 12.7. The second-order valence-electron chi connectivity index (χ2n) is 4.50. The van der Waals surface area contributed by atoms with E-state index in [1.165, 1.54) is 4.90 Å². The van der Waals surface area contributed by atoms with Crippen molar-refractivity contribution in [3.8, 4) is 6.07 Å². The fourth-order valence-corrected chi connectivity index (χ4v) is 2.63. The Morgan fingerprint density at radius 2 is 1.90 bits per heavy atom. The van der Waals surface area contributed by atoms with Crippen molar-refractivity contribution < 1.29 is 13.2 Å². The first-order valence-electron chi connectivity index (χ1n) is 6.00. The number of nitriles is 1. The summed E-state index contributed by atoms with van der Waals surface area (Å²) in [6, 6.07) is 8.31. The van der Waals surface area contributed by atoms with E-state index in [2.05, 4.69) is 4.72 Å². The molecule has 0 fully saturated rings. The monoisotopic (exact) mass is 295 g/mol. The van der Waals surface area contributed by atoms with Crippen molar-refractivity contribution in [2.45, 2.75) is 12.2 Å². The first-order chi connectivity index (χ1) is 9.34. The Labute approximate surface area is 119 Å². The van der Waals surface area contributed by atoms with Crippen molar-refractivity contribution in [2.75, 3.05) is 20.6 Å². The summed E-state index contributed by atoms with van der Waals surface area (Å²) in [6.07, 6.45) is 0.125. The molecule has 1 aromatic carbocycles. The molecule has 7 heteroatoms. The van der Waals surface area contributed by atoms with E-state index in [9.17, 15) is 13.2 Å². The van der Waals surface area contributed by atoms with Crippen LogP contribution in [-0.4, -0.2) is 39.9 Å². The normalized spacial score (nSPS) is 10.8. The van der Waals surface area contributed by atoms with Gasteiger partial charge in [0, 0.05) is 27.1 Å². The maximum atomic E-state index is 11.8. The predicted molar refractivity (Wildman–Crippen MR) is 75.1 cm³/mol. The zero-order valence-corrected chi connectivity index (χ0v) is 12.3. The van der Waals surface area contributed by atoms with Crippen LogP contribution in [0.2, 0.25) is 0 Å². The minimum absolute atomic E-state index is 0.0790. The molecule has 0 aliphatic carbocycles. The number of rotatable bonds is 6. The topological polar surface area (TPSA) is 90.3 Å². The number of benzene rings is 1. The lowest BCUT2D eigenvalue weighted by Gasteiger charge is -2.11. The molecule has 0 aliphatic rings. The Bertz CT molecular complexity index is 601. The molecule has 1 rings (SSSR count). The largest absolute Gasteiger partial charge is 0.349 e. The van der Waals surface area contributed by atoms with Crippen LogP contribution in [0.15, 0.2) is 24.3 Å². The van der Waals surface area contributed by atoms with E-state index in [1.54, 1.807) is 38.4 Å². The maximum Gasteiger partial charge on any atom is 0.223 e. The van der Waals surface area contributed by atoms with Crippen LogP contribution >= 0.6 is 0 Å². The molecule has 0 aliphatic heterocycles. The minimum atomic E-state index is -3.48. The second-order valence-corrected chi connectivity index (χ2v) is 6.31. The Hall–Kier alpha value is -1.91. The molecule has 1 amide bonds. The van der Waals surface area contributed by atoms with Crippen LogP contribution in [-0.2, 0) is 20.6 Å². The van der Waals surface area contributed by atoms with Crippen molar-refractivity contribution in [3.63, 3.8) is 0 Å². The van der Waals surface area contributed by atoms with E-state index >= 15 is 0 Å². The number of carbonyl (C=O) groups is 1. The zero-order valence-electron chi connectivity index (χ0n) is 11.5. The first kappa shape index (κ1) is 16.1. The molecular formula is C13H17N3O3S. The summed E-state index contributed by atoms with van der Waals surface area (Å²) in [5.41, 5.74) is 1.08. The van der Waals surface area contributed by atoms with Crippen molar-refractivity contribution in [2.24, 2.45) is 0 Å². The van der Waals surface area contributed by atoms with Gasteiger partial charge in [-0.25, -0.2) is 13.1 Å². The van der Waals surface area contributed by atoms with Crippen LogP contribution in [0.5, 0.6) is 0 Å². The van der Waals surface area contributed by atoms with E-state index in [0.29, 0.717) is 11.1 Å². The van der Waals surface area contributed by atoms with Gasteiger partial charge in [-0.15, -0.1) is 0 Å². The van der Waals surface area contributed by atoms with Gasteiger partial charge in [0.2, 0.25) is 15.9 Å². The molecule has 0 atom stereocenters. The summed E-state index contributed by atoms with van der Waals surface area (Å²) < 4.78 is 26.0. The molecule has 0 aromatic heterocycles. The van der Waals surface area contributed by atoms with Crippen molar-refractivity contribution in [1.29, 1.82) is 5.26 Å². The summed E-state index contributed by atoms with van der Waals surface area (Å²) in [5.74, 6) is -0.305. The highest BCUT2D eigenvalue weighted by Gasteiger charge is 2.12. The summed E-state index contributed by atoms with van der Waals surface area (Å²) in [6.45, 7) is 0.0790. The quantitative estimate of drug-likeness (QED) is 0.825. The van der Waals surface area contributed by atoms with Gasteiger partial charge in [-0.05, 0) is 17.7 Å². The average molecular weight is 295 g/mol. The van der Waals surface area contributed by atoms with E-state index in [1.807, 2.05) is 6.07 Å². The molecule has 0 unspecified atom stereocenters. The number of carbonyl (C=O) groups excluding carboxylic acids is 1. The molecule has 20 heavy (non-hydrogen) atoms. The molecule has 1 N–H and O–H groups in total. The van der Waals surface area contributed by atoms with Gasteiger partial charge in [-0.2, -0.15) is 5.26 Å². The number of hydrogen-bond acceptors (Lipinski definition) is 4. The number of hydrogen-bond donors (Lipinski definition) is 1. The highest BCUT2D eigenvalue weighted by molar-refractivity contribution is 7.88. The Morgan fingerprint density at radius 1 is 1.30 bits per heavy atom. The summed E-state index contributed by atoms with van der Waals surface area (Å²) in [7, 11) is -0.242. The summed E-state index contributed by atoms with van der Waals surface area (Å²) >= 11 is 0. The van der Waals surface area contributed by atoms with Crippen LogP contribution in [0, 0.1) is 11.3 Å². The molecule has 0 saturated carbocycles. The van der Waals surface area contributed by atoms with Gasteiger partial charge in [-0.1, -0.05) is 12.1 Å². The van der Waals surface area contributed by atoms with Crippen LogP contribution in [0.3, 0.4) is 0 Å². The minimum Gasteiger partial charge on any atom is -0.349 e. The standard InChI is InChI=1S/C13H17N3O3S/c1-16(2)13(17)7-8-15-20(18,19)10-12-5-3-11(9-14)4-6-12/h3-6,15H,7-8,10H2,1-2H3. The summed E-state index contributed by atoms with van der Waals surface area (Å²) in [5, 5.41) is 8.66. The van der Waals surface area contributed by atoms with E-state index < -0.39 is 10.0 Å². The van der Waals surface area contributed by atoms with Gasteiger partial charge in [0.05, 0.1) is 17.4 Å². The molecule has 0 heterocycles. The molecule has 6 nitrogen and oxygen atoms in total.